The molecule has 33 heavy (non-hydrogen) atoms. The number of aromatic nitrogens is 1. The number of esters is 3. The van der Waals surface area contributed by atoms with Gasteiger partial charge in [-0.2, -0.15) is 0 Å². The first-order valence-electron chi connectivity index (χ1n) is 10.3. The maximum absolute atomic E-state index is 12.7. The van der Waals surface area contributed by atoms with Gasteiger partial charge in [0.1, 0.15) is 5.75 Å². The van der Waals surface area contributed by atoms with Crippen molar-refractivity contribution in [2.24, 2.45) is 0 Å². The van der Waals surface area contributed by atoms with Crippen LogP contribution in [-0.4, -0.2) is 29.6 Å². The van der Waals surface area contributed by atoms with Gasteiger partial charge in [-0.15, -0.1) is 0 Å². The van der Waals surface area contributed by atoms with Crippen LogP contribution in [0, 0.1) is 20.8 Å². The van der Waals surface area contributed by atoms with Crippen molar-refractivity contribution in [3.63, 3.8) is 0 Å². The lowest BCUT2D eigenvalue weighted by atomic mass is 10.1. The Balaban J connectivity index is 2.00. The second kappa shape index (κ2) is 9.99. The highest BCUT2D eigenvalue weighted by atomic mass is 16.6. The van der Waals surface area contributed by atoms with Crippen molar-refractivity contribution in [1.29, 1.82) is 0 Å². The highest BCUT2D eigenvalue weighted by Crippen LogP contribution is 2.26. The van der Waals surface area contributed by atoms with Gasteiger partial charge in [0, 0.05) is 24.0 Å². The van der Waals surface area contributed by atoms with Gasteiger partial charge < -0.3 is 18.8 Å². The number of methoxy groups -OCH3 is 1. The van der Waals surface area contributed by atoms with Gasteiger partial charge >= 0.3 is 17.9 Å². The largest absolute Gasteiger partial charge is 0.465 e. The van der Waals surface area contributed by atoms with Crippen LogP contribution in [0.4, 0.5) is 0 Å². The van der Waals surface area contributed by atoms with E-state index in [1.54, 1.807) is 42.5 Å². The third-order valence-electron chi connectivity index (χ3n) is 5.02. The Hall–Kier alpha value is -4.13. The normalized spacial score (nSPS) is 11.1. The van der Waals surface area contributed by atoms with Crippen LogP contribution < -0.4 is 4.74 Å². The van der Waals surface area contributed by atoms with Crippen LogP contribution in [0.15, 0.2) is 60.4 Å². The van der Waals surface area contributed by atoms with Gasteiger partial charge in [-0.25, -0.2) is 9.59 Å². The molecule has 7 heteroatoms. The van der Waals surface area contributed by atoms with Gasteiger partial charge in [0.2, 0.25) is 5.76 Å². The van der Waals surface area contributed by atoms with E-state index in [4.69, 9.17) is 14.2 Å². The first kappa shape index (κ1) is 23.5. The molecule has 0 radical (unpaired) electrons. The number of nitrogens with zero attached hydrogens (tertiary/aromatic N) is 1. The third kappa shape index (κ3) is 5.38. The molecule has 1 aromatic heterocycles. The standard InChI is InChI=1S/C26H25NO6/c1-16-13-20(25(29)31-5)11-12-23(16)27-17(2)14-21(18(27)3)15-24(32-19(4)28)26(30)33-22-9-7-6-8-10-22/h6-15H,1-5H3. The highest BCUT2D eigenvalue weighted by molar-refractivity contribution is 5.95. The van der Waals surface area contributed by atoms with Gasteiger partial charge in [-0.1, -0.05) is 18.2 Å². The number of aryl methyl sites for hydroxylation is 2. The quantitative estimate of drug-likeness (QED) is 0.236. The van der Waals surface area contributed by atoms with Crippen molar-refractivity contribution in [3.8, 4) is 11.4 Å². The molecule has 0 unspecified atom stereocenters. The molecular weight excluding hydrogens is 422 g/mol. The van der Waals surface area contributed by atoms with E-state index in [1.807, 2.05) is 37.5 Å². The molecule has 0 spiro atoms. The Bertz CT molecular complexity index is 1240. The minimum Gasteiger partial charge on any atom is -0.465 e. The predicted octanol–water partition coefficient (Wildman–Crippen LogP) is 4.70. The van der Waals surface area contributed by atoms with Crippen LogP contribution in [0.1, 0.15) is 39.8 Å². The number of carbonyl (C=O) groups excluding carboxylic acids is 3. The van der Waals surface area contributed by atoms with E-state index in [9.17, 15) is 14.4 Å². The summed E-state index contributed by atoms with van der Waals surface area (Å²) in [7, 11) is 1.34. The van der Waals surface area contributed by atoms with Gasteiger partial charge in [-0.3, -0.25) is 4.79 Å². The molecule has 0 aliphatic heterocycles. The van der Waals surface area contributed by atoms with Crippen LogP contribution in [0.3, 0.4) is 0 Å². The van der Waals surface area contributed by atoms with E-state index in [-0.39, 0.29) is 5.76 Å². The molecule has 2 aromatic carbocycles. The summed E-state index contributed by atoms with van der Waals surface area (Å²) in [6.45, 7) is 6.93. The fourth-order valence-corrected chi connectivity index (χ4v) is 3.53. The molecule has 3 aromatic rings. The summed E-state index contributed by atoms with van der Waals surface area (Å²) in [5, 5.41) is 0. The minimum absolute atomic E-state index is 0.218. The molecule has 1 heterocycles. The van der Waals surface area contributed by atoms with Crippen molar-refractivity contribution >= 4 is 24.0 Å². The molecule has 0 amide bonds. The van der Waals surface area contributed by atoms with E-state index in [0.717, 1.165) is 22.6 Å². The maximum Gasteiger partial charge on any atom is 0.379 e. The monoisotopic (exact) mass is 447 g/mol. The summed E-state index contributed by atoms with van der Waals surface area (Å²) in [6, 6.07) is 15.7. The minimum atomic E-state index is -0.778. The molecule has 0 saturated carbocycles. The first-order chi connectivity index (χ1) is 15.7. The molecule has 0 aliphatic rings. The lowest BCUT2D eigenvalue weighted by Crippen LogP contribution is -2.15. The lowest BCUT2D eigenvalue weighted by molar-refractivity contribution is -0.145. The van der Waals surface area contributed by atoms with Crippen molar-refractivity contribution in [2.75, 3.05) is 7.11 Å². The van der Waals surface area contributed by atoms with Crippen LogP contribution in [0.2, 0.25) is 0 Å². The Morgan fingerprint density at radius 2 is 1.64 bits per heavy atom. The average Bonchev–Trinajstić information content (AvgIpc) is 3.05. The zero-order chi connectivity index (χ0) is 24.1. The maximum atomic E-state index is 12.7. The SMILES string of the molecule is COC(=O)c1ccc(-n2c(C)cc(C=C(OC(C)=O)C(=O)Oc3ccccc3)c2C)c(C)c1. The van der Waals surface area contributed by atoms with E-state index in [0.29, 0.717) is 16.9 Å². The molecule has 0 aliphatic carbocycles. The second-order valence-electron chi connectivity index (χ2n) is 7.46. The number of benzene rings is 2. The summed E-state index contributed by atoms with van der Waals surface area (Å²) in [4.78, 5) is 36.1. The Labute approximate surface area is 192 Å². The summed E-state index contributed by atoms with van der Waals surface area (Å²) >= 11 is 0. The number of carbonyl (C=O) groups is 3. The molecule has 0 bridgehead atoms. The van der Waals surface area contributed by atoms with Crippen LogP contribution in [0.25, 0.3) is 11.8 Å². The Morgan fingerprint density at radius 1 is 0.939 bits per heavy atom. The average molecular weight is 447 g/mol. The van der Waals surface area contributed by atoms with Crippen LogP contribution in [0.5, 0.6) is 5.75 Å². The van der Waals surface area contributed by atoms with E-state index in [1.165, 1.54) is 20.1 Å². The van der Waals surface area contributed by atoms with E-state index < -0.39 is 17.9 Å². The van der Waals surface area contributed by atoms with Crippen molar-refractivity contribution in [3.05, 3.63) is 88.4 Å². The highest BCUT2D eigenvalue weighted by Gasteiger charge is 2.19. The fourth-order valence-electron chi connectivity index (χ4n) is 3.53. The second-order valence-corrected chi connectivity index (χ2v) is 7.46. The summed E-state index contributed by atoms with van der Waals surface area (Å²) in [6.07, 6.45) is 1.49. The van der Waals surface area contributed by atoms with Gasteiger partial charge in [0.05, 0.1) is 12.7 Å². The number of rotatable bonds is 6. The van der Waals surface area contributed by atoms with Crippen LogP contribution >= 0.6 is 0 Å². The zero-order valence-corrected chi connectivity index (χ0v) is 19.2. The third-order valence-corrected chi connectivity index (χ3v) is 5.02. The first-order valence-corrected chi connectivity index (χ1v) is 10.3. The Morgan fingerprint density at radius 3 is 2.24 bits per heavy atom. The van der Waals surface area contributed by atoms with Crippen LogP contribution in [-0.2, 0) is 19.1 Å². The predicted molar refractivity (Wildman–Crippen MR) is 123 cm³/mol. The van der Waals surface area contributed by atoms with Gasteiger partial charge in [0.15, 0.2) is 0 Å². The fraction of sp³-hybridized carbons (Fsp3) is 0.192. The number of para-hydroxylation sites is 1. The van der Waals surface area contributed by atoms with Crippen molar-refractivity contribution in [2.45, 2.75) is 27.7 Å². The molecule has 0 atom stereocenters. The van der Waals surface area contributed by atoms with E-state index >= 15 is 0 Å². The van der Waals surface area contributed by atoms with Crippen molar-refractivity contribution in [1.82, 2.24) is 4.57 Å². The molecular formula is C26H25NO6. The molecule has 7 nitrogen and oxygen atoms in total. The Kier molecular flexibility index (Phi) is 7.13. The zero-order valence-electron chi connectivity index (χ0n) is 19.2. The molecule has 0 fully saturated rings. The molecule has 170 valence electrons. The summed E-state index contributed by atoms with van der Waals surface area (Å²) in [5.41, 5.74) is 4.61. The smallest absolute Gasteiger partial charge is 0.379 e. The summed E-state index contributed by atoms with van der Waals surface area (Å²) < 4.78 is 17.3. The number of hydrogen-bond acceptors (Lipinski definition) is 6. The van der Waals surface area contributed by atoms with Gasteiger partial charge in [-0.05, 0) is 74.4 Å². The molecule has 3 rings (SSSR count). The number of ether oxygens (including phenoxy) is 3. The van der Waals surface area contributed by atoms with Crippen molar-refractivity contribution < 1.29 is 28.6 Å². The lowest BCUT2D eigenvalue weighted by Gasteiger charge is -2.14. The molecule has 0 N–H and O–H groups in total. The topological polar surface area (TPSA) is 83.8 Å². The molecule has 0 saturated heterocycles. The van der Waals surface area contributed by atoms with E-state index in [2.05, 4.69) is 0 Å². The number of hydrogen-bond donors (Lipinski definition) is 0. The van der Waals surface area contributed by atoms with Gasteiger partial charge in [0.25, 0.3) is 0 Å². The summed E-state index contributed by atoms with van der Waals surface area (Å²) in [5.74, 6) is -1.69.